The van der Waals surface area contributed by atoms with Gasteiger partial charge in [0.25, 0.3) is 0 Å². The van der Waals surface area contributed by atoms with Crippen LogP contribution in [0.5, 0.6) is 0 Å². The lowest BCUT2D eigenvalue weighted by Gasteiger charge is -2.20. The van der Waals surface area contributed by atoms with E-state index in [0.717, 1.165) is 0 Å². The molecule has 0 radical (unpaired) electrons. The Morgan fingerprint density at radius 1 is 1.40 bits per heavy atom. The second kappa shape index (κ2) is 4.08. The van der Waals surface area contributed by atoms with E-state index in [0.29, 0.717) is 0 Å². The van der Waals surface area contributed by atoms with Crippen LogP contribution in [-0.2, 0) is 10.0 Å². The van der Waals surface area contributed by atoms with Gasteiger partial charge in [-0.3, -0.25) is 0 Å². The fourth-order valence-electron chi connectivity index (χ4n) is 1.03. The monoisotopic (exact) mass is 248 g/mol. The van der Waals surface area contributed by atoms with Crippen LogP contribution in [0.15, 0.2) is 23.2 Å². The Morgan fingerprint density at radius 2 is 2.00 bits per heavy atom. The van der Waals surface area contributed by atoms with Gasteiger partial charge < -0.3 is 0 Å². The Morgan fingerprint density at radius 3 is 2.47 bits per heavy atom. The van der Waals surface area contributed by atoms with Crippen LogP contribution < -0.4 is 4.72 Å². The van der Waals surface area contributed by atoms with Crippen LogP contribution in [0.4, 0.5) is 0 Å². The summed E-state index contributed by atoms with van der Waals surface area (Å²) in [6, 6.07) is 2.95. The first-order valence-corrected chi connectivity index (χ1v) is 6.23. The van der Waals surface area contributed by atoms with Gasteiger partial charge in [-0.2, -0.15) is 0 Å². The summed E-state index contributed by atoms with van der Waals surface area (Å²) < 4.78 is 26.2. The molecule has 84 valence electrons. The van der Waals surface area contributed by atoms with E-state index in [1.54, 1.807) is 20.8 Å². The first kappa shape index (κ1) is 12.4. The van der Waals surface area contributed by atoms with Gasteiger partial charge in [-0.25, -0.2) is 18.1 Å². The van der Waals surface area contributed by atoms with Gasteiger partial charge in [0.05, 0.1) is 0 Å². The van der Waals surface area contributed by atoms with Gasteiger partial charge in [0.15, 0.2) is 0 Å². The summed E-state index contributed by atoms with van der Waals surface area (Å²) in [5.41, 5.74) is -0.544. The van der Waals surface area contributed by atoms with Crippen molar-refractivity contribution in [2.75, 3.05) is 0 Å². The van der Waals surface area contributed by atoms with E-state index in [4.69, 9.17) is 11.6 Å². The van der Waals surface area contributed by atoms with Crippen molar-refractivity contribution in [2.24, 2.45) is 0 Å². The maximum Gasteiger partial charge on any atom is 0.244 e. The number of rotatable bonds is 2. The Kier molecular flexibility index (Phi) is 3.38. The van der Waals surface area contributed by atoms with Gasteiger partial charge in [-0.1, -0.05) is 11.6 Å². The molecule has 0 aliphatic rings. The molecule has 0 saturated heterocycles. The highest BCUT2D eigenvalue weighted by atomic mass is 35.5. The Labute approximate surface area is 94.7 Å². The van der Waals surface area contributed by atoms with Gasteiger partial charge >= 0.3 is 0 Å². The molecule has 6 heteroatoms. The zero-order valence-electron chi connectivity index (χ0n) is 8.78. The van der Waals surface area contributed by atoms with Gasteiger partial charge in [0.1, 0.15) is 10.0 Å². The summed E-state index contributed by atoms with van der Waals surface area (Å²) in [5, 5.41) is -0.0192. The van der Waals surface area contributed by atoms with Crippen LogP contribution in [0.2, 0.25) is 5.15 Å². The molecule has 0 unspecified atom stereocenters. The lowest BCUT2D eigenvalue weighted by molar-refractivity contribution is 0.491. The van der Waals surface area contributed by atoms with E-state index in [-0.39, 0.29) is 10.0 Å². The van der Waals surface area contributed by atoms with Crippen LogP contribution >= 0.6 is 11.6 Å². The second-order valence-electron chi connectivity index (χ2n) is 4.15. The number of hydrogen-bond donors (Lipinski definition) is 1. The van der Waals surface area contributed by atoms with Gasteiger partial charge in [-0.05, 0) is 32.9 Å². The van der Waals surface area contributed by atoms with Crippen LogP contribution in [0, 0.1) is 0 Å². The number of nitrogens with one attached hydrogen (secondary N) is 1. The molecule has 1 heterocycles. The van der Waals surface area contributed by atoms with Crippen molar-refractivity contribution in [1.82, 2.24) is 9.71 Å². The normalized spacial score (nSPS) is 12.8. The van der Waals surface area contributed by atoms with Crippen molar-refractivity contribution in [2.45, 2.75) is 31.2 Å². The van der Waals surface area contributed by atoms with Gasteiger partial charge in [0.2, 0.25) is 10.0 Å². The molecule has 0 aliphatic heterocycles. The summed E-state index contributed by atoms with van der Waals surface area (Å²) >= 11 is 5.71. The molecule has 0 fully saturated rings. The van der Waals surface area contributed by atoms with Crippen molar-refractivity contribution in [1.29, 1.82) is 0 Å². The van der Waals surface area contributed by atoms with Crippen LogP contribution in [0.3, 0.4) is 0 Å². The molecule has 0 saturated carbocycles. The first-order valence-electron chi connectivity index (χ1n) is 4.37. The van der Waals surface area contributed by atoms with Crippen molar-refractivity contribution < 1.29 is 8.42 Å². The molecule has 1 aromatic heterocycles. The quantitative estimate of drug-likeness (QED) is 0.812. The van der Waals surface area contributed by atoms with E-state index in [2.05, 4.69) is 9.71 Å². The van der Waals surface area contributed by atoms with Gasteiger partial charge in [0, 0.05) is 11.7 Å². The molecular formula is C9H13ClN2O2S. The number of sulfonamides is 1. The molecule has 0 bridgehead atoms. The molecule has 0 atom stereocenters. The van der Waals surface area contributed by atoms with E-state index in [9.17, 15) is 8.42 Å². The Bertz CT molecular complexity index is 451. The lowest BCUT2D eigenvalue weighted by Crippen LogP contribution is -2.40. The van der Waals surface area contributed by atoms with Crippen molar-refractivity contribution in [3.05, 3.63) is 23.5 Å². The first-order chi connectivity index (χ1) is 6.72. The summed E-state index contributed by atoms with van der Waals surface area (Å²) in [5.74, 6) is 0. The number of pyridine rings is 1. The molecule has 0 amide bonds. The SMILES string of the molecule is CC(C)(C)NS(=O)(=O)c1cccnc1Cl. The molecule has 15 heavy (non-hydrogen) atoms. The van der Waals surface area contributed by atoms with Gasteiger partial charge in [-0.15, -0.1) is 0 Å². The highest BCUT2D eigenvalue weighted by Gasteiger charge is 2.24. The minimum absolute atomic E-state index is 0.00147. The smallest absolute Gasteiger partial charge is 0.243 e. The van der Waals surface area contributed by atoms with E-state index < -0.39 is 15.6 Å². The minimum Gasteiger partial charge on any atom is -0.243 e. The molecule has 0 aliphatic carbocycles. The Balaban J connectivity index is 3.13. The zero-order chi connectivity index (χ0) is 11.7. The topological polar surface area (TPSA) is 59.1 Å². The minimum atomic E-state index is -3.59. The maximum absolute atomic E-state index is 11.8. The molecule has 1 aromatic rings. The standard InChI is InChI=1S/C9H13ClN2O2S/c1-9(2,3)12-15(13,14)7-5-4-6-11-8(7)10/h4-6,12H,1-3H3. The third-order valence-electron chi connectivity index (χ3n) is 1.45. The summed E-state index contributed by atoms with van der Waals surface area (Å²) in [7, 11) is -3.59. The molecule has 1 N–H and O–H groups in total. The average molecular weight is 249 g/mol. The predicted molar refractivity (Wildman–Crippen MR) is 59.3 cm³/mol. The van der Waals surface area contributed by atoms with Crippen molar-refractivity contribution in [3.8, 4) is 0 Å². The lowest BCUT2D eigenvalue weighted by atomic mass is 10.1. The number of nitrogens with zero attached hydrogens (tertiary/aromatic N) is 1. The fraction of sp³-hybridized carbons (Fsp3) is 0.444. The number of halogens is 1. The third kappa shape index (κ3) is 3.44. The molecular weight excluding hydrogens is 236 g/mol. The van der Waals surface area contributed by atoms with Crippen molar-refractivity contribution >= 4 is 21.6 Å². The maximum atomic E-state index is 11.8. The largest absolute Gasteiger partial charge is 0.244 e. The van der Waals surface area contributed by atoms with E-state index in [1.165, 1.54) is 18.3 Å². The van der Waals surface area contributed by atoms with Crippen LogP contribution in [-0.4, -0.2) is 18.9 Å². The van der Waals surface area contributed by atoms with E-state index in [1.807, 2.05) is 0 Å². The molecule has 0 aromatic carbocycles. The summed E-state index contributed by atoms with van der Waals surface area (Å²) in [6.07, 6.45) is 1.44. The van der Waals surface area contributed by atoms with Crippen LogP contribution in [0.25, 0.3) is 0 Å². The molecule has 0 spiro atoms. The number of aromatic nitrogens is 1. The molecule has 1 rings (SSSR count). The van der Waals surface area contributed by atoms with E-state index >= 15 is 0 Å². The highest BCUT2D eigenvalue weighted by Crippen LogP contribution is 2.19. The average Bonchev–Trinajstić information content (AvgIpc) is 1.99. The Hall–Kier alpha value is -0.650. The third-order valence-corrected chi connectivity index (χ3v) is 3.66. The second-order valence-corrected chi connectivity index (χ2v) is 6.16. The number of hydrogen-bond acceptors (Lipinski definition) is 3. The van der Waals surface area contributed by atoms with Crippen molar-refractivity contribution in [3.63, 3.8) is 0 Å². The highest BCUT2D eigenvalue weighted by molar-refractivity contribution is 7.89. The predicted octanol–water partition coefficient (Wildman–Crippen LogP) is 1.81. The summed E-state index contributed by atoms with van der Waals surface area (Å²) in [4.78, 5) is 3.72. The summed E-state index contributed by atoms with van der Waals surface area (Å²) in [6.45, 7) is 5.28. The fourth-order valence-corrected chi connectivity index (χ4v) is 2.90. The van der Waals surface area contributed by atoms with Crippen LogP contribution in [0.1, 0.15) is 20.8 Å². The zero-order valence-corrected chi connectivity index (χ0v) is 10.4. The molecule has 4 nitrogen and oxygen atoms in total.